The van der Waals surface area contributed by atoms with Crippen molar-refractivity contribution < 1.29 is 0 Å². The van der Waals surface area contributed by atoms with Crippen LogP contribution in [-0.4, -0.2) is 19.6 Å². The second-order valence-corrected chi connectivity index (χ2v) is 5.32. The van der Waals surface area contributed by atoms with Crippen molar-refractivity contribution in [2.45, 2.75) is 19.4 Å². The molecule has 0 atom stereocenters. The Bertz CT molecular complexity index is 368. The summed E-state index contributed by atoms with van der Waals surface area (Å²) in [5, 5.41) is 8.15. The Morgan fingerprint density at radius 3 is 2.53 bits per heavy atom. The molecule has 0 bridgehead atoms. The molecular formula is C13H20Cl4N2. The molecule has 0 unspecified atom stereocenters. The van der Waals surface area contributed by atoms with Gasteiger partial charge in [0.2, 0.25) is 0 Å². The van der Waals surface area contributed by atoms with Gasteiger partial charge < -0.3 is 10.6 Å². The van der Waals surface area contributed by atoms with Crippen LogP contribution >= 0.6 is 48.0 Å². The largest absolute Gasteiger partial charge is 0.317 e. The van der Waals surface area contributed by atoms with Gasteiger partial charge in [0, 0.05) is 6.54 Å². The summed E-state index contributed by atoms with van der Waals surface area (Å²) < 4.78 is 0. The van der Waals surface area contributed by atoms with E-state index in [0.29, 0.717) is 10.0 Å². The molecule has 0 radical (unpaired) electrons. The predicted octanol–water partition coefficient (Wildman–Crippen LogP) is 3.93. The molecule has 6 heteroatoms. The van der Waals surface area contributed by atoms with E-state index in [2.05, 4.69) is 10.6 Å². The molecule has 1 aromatic rings. The van der Waals surface area contributed by atoms with Crippen LogP contribution in [0.4, 0.5) is 0 Å². The van der Waals surface area contributed by atoms with Gasteiger partial charge in [-0.15, -0.1) is 24.8 Å². The number of piperidine rings is 1. The third-order valence-corrected chi connectivity index (χ3v) is 4.10. The van der Waals surface area contributed by atoms with Crippen LogP contribution in [0.5, 0.6) is 0 Å². The lowest BCUT2D eigenvalue weighted by molar-refractivity contribution is 0.356. The van der Waals surface area contributed by atoms with Crippen molar-refractivity contribution in [1.29, 1.82) is 0 Å². The maximum Gasteiger partial charge on any atom is 0.0637 e. The summed E-state index contributed by atoms with van der Waals surface area (Å²) in [4.78, 5) is 0. The summed E-state index contributed by atoms with van der Waals surface area (Å²) in [6.07, 6.45) is 2.52. The van der Waals surface area contributed by atoms with Crippen LogP contribution in [0.25, 0.3) is 0 Å². The molecule has 1 aromatic carbocycles. The first-order valence-corrected chi connectivity index (χ1v) is 6.87. The fourth-order valence-corrected chi connectivity index (χ4v) is 2.57. The van der Waals surface area contributed by atoms with E-state index in [9.17, 15) is 0 Å². The molecule has 0 saturated carbocycles. The zero-order chi connectivity index (χ0) is 12.1. The average Bonchev–Trinajstić information content (AvgIpc) is 2.36. The Kier molecular flexibility index (Phi) is 10.2. The highest BCUT2D eigenvalue weighted by atomic mass is 35.5. The van der Waals surface area contributed by atoms with Crippen LogP contribution in [-0.2, 0) is 6.54 Å². The molecule has 1 fully saturated rings. The summed E-state index contributed by atoms with van der Waals surface area (Å²) >= 11 is 12.1. The van der Waals surface area contributed by atoms with Crippen molar-refractivity contribution in [2.24, 2.45) is 5.92 Å². The SMILES string of the molecule is Cl.Cl.Clc1cccc(CNCC2CCNCC2)c1Cl. The Morgan fingerprint density at radius 2 is 1.84 bits per heavy atom. The molecule has 1 saturated heterocycles. The summed E-state index contributed by atoms with van der Waals surface area (Å²) in [6.45, 7) is 4.14. The molecule has 0 amide bonds. The van der Waals surface area contributed by atoms with Gasteiger partial charge in [0.15, 0.2) is 0 Å². The summed E-state index contributed by atoms with van der Waals surface area (Å²) in [7, 11) is 0. The molecule has 1 aliphatic rings. The van der Waals surface area contributed by atoms with E-state index in [4.69, 9.17) is 23.2 Å². The first kappa shape index (κ1) is 19.3. The van der Waals surface area contributed by atoms with Gasteiger partial charge in [-0.3, -0.25) is 0 Å². The van der Waals surface area contributed by atoms with Gasteiger partial charge in [-0.1, -0.05) is 35.3 Å². The van der Waals surface area contributed by atoms with Crippen molar-refractivity contribution >= 4 is 48.0 Å². The summed E-state index contributed by atoms with van der Waals surface area (Å²) in [5.41, 5.74) is 1.08. The average molecular weight is 346 g/mol. The summed E-state index contributed by atoms with van der Waals surface area (Å²) in [5.74, 6) is 0.786. The Labute approximate surface area is 137 Å². The lowest BCUT2D eigenvalue weighted by atomic mass is 9.98. The van der Waals surface area contributed by atoms with Gasteiger partial charge in [-0.05, 0) is 50.0 Å². The van der Waals surface area contributed by atoms with Gasteiger partial charge in [0.05, 0.1) is 10.0 Å². The second kappa shape index (κ2) is 10.1. The maximum atomic E-state index is 6.13. The molecule has 0 aliphatic carbocycles. The van der Waals surface area contributed by atoms with E-state index in [-0.39, 0.29) is 24.8 Å². The molecule has 2 N–H and O–H groups in total. The highest BCUT2D eigenvalue weighted by Crippen LogP contribution is 2.25. The van der Waals surface area contributed by atoms with Crippen molar-refractivity contribution in [1.82, 2.24) is 10.6 Å². The van der Waals surface area contributed by atoms with Gasteiger partial charge in [-0.2, -0.15) is 0 Å². The Morgan fingerprint density at radius 1 is 1.16 bits per heavy atom. The van der Waals surface area contributed by atoms with Crippen molar-refractivity contribution in [2.75, 3.05) is 19.6 Å². The van der Waals surface area contributed by atoms with Crippen LogP contribution in [0, 0.1) is 5.92 Å². The van der Waals surface area contributed by atoms with E-state index >= 15 is 0 Å². The number of nitrogens with one attached hydrogen (secondary N) is 2. The van der Waals surface area contributed by atoms with Gasteiger partial charge >= 0.3 is 0 Å². The zero-order valence-electron chi connectivity index (χ0n) is 10.6. The van der Waals surface area contributed by atoms with Crippen LogP contribution in [0.15, 0.2) is 18.2 Å². The quantitative estimate of drug-likeness (QED) is 0.864. The monoisotopic (exact) mass is 344 g/mol. The van der Waals surface area contributed by atoms with Gasteiger partial charge in [-0.25, -0.2) is 0 Å². The number of halogens is 4. The molecular weight excluding hydrogens is 326 g/mol. The van der Waals surface area contributed by atoms with Crippen molar-refractivity contribution in [3.05, 3.63) is 33.8 Å². The molecule has 1 aliphatic heterocycles. The van der Waals surface area contributed by atoms with Gasteiger partial charge in [0.25, 0.3) is 0 Å². The molecule has 19 heavy (non-hydrogen) atoms. The second-order valence-electron chi connectivity index (χ2n) is 4.54. The summed E-state index contributed by atoms with van der Waals surface area (Å²) in [6, 6.07) is 5.78. The molecule has 1 heterocycles. The minimum Gasteiger partial charge on any atom is -0.317 e. The van der Waals surface area contributed by atoms with E-state index in [1.807, 2.05) is 18.2 Å². The third kappa shape index (κ3) is 6.07. The van der Waals surface area contributed by atoms with E-state index in [1.165, 1.54) is 12.8 Å². The minimum absolute atomic E-state index is 0. The molecule has 2 rings (SSSR count). The van der Waals surface area contributed by atoms with E-state index < -0.39 is 0 Å². The normalized spacial score (nSPS) is 15.5. The molecule has 0 aromatic heterocycles. The van der Waals surface area contributed by atoms with E-state index in [0.717, 1.165) is 37.7 Å². The standard InChI is InChI=1S/C13H18Cl2N2.2ClH/c14-12-3-1-2-11(13(12)15)9-17-8-10-4-6-16-7-5-10;;/h1-3,10,16-17H,4-9H2;2*1H. The minimum atomic E-state index is 0. The number of rotatable bonds is 4. The highest BCUT2D eigenvalue weighted by Gasteiger charge is 2.12. The number of hydrogen-bond acceptors (Lipinski definition) is 2. The van der Waals surface area contributed by atoms with E-state index in [1.54, 1.807) is 0 Å². The van der Waals surface area contributed by atoms with Crippen LogP contribution < -0.4 is 10.6 Å². The zero-order valence-corrected chi connectivity index (χ0v) is 13.8. The Balaban J connectivity index is 0.00000162. The topological polar surface area (TPSA) is 24.1 Å². The van der Waals surface area contributed by atoms with Crippen LogP contribution in [0.2, 0.25) is 10.0 Å². The molecule has 2 nitrogen and oxygen atoms in total. The molecule has 110 valence electrons. The molecule has 0 spiro atoms. The van der Waals surface area contributed by atoms with Crippen molar-refractivity contribution in [3.63, 3.8) is 0 Å². The third-order valence-electron chi connectivity index (χ3n) is 3.24. The van der Waals surface area contributed by atoms with Crippen molar-refractivity contribution in [3.8, 4) is 0 Å². The fraction of sp³-hybridized carbons (Fsp3) is 0.538. The lowest BCUT2D eigenvalue weighted by Crippen LogP contribution is -2.33. The number of benzene rings is 1. The van der Waals surface area contributed by atoms with Crippen LogP contribution in [0.1, 0.15) is 18.4 Å². The predicted molar refractivity (Wildman–Crippen MR) is 88.3 cm³/mol. The Hall–Kier alpha value is 0.300. The van der Waals surface area contributed by atoms with Crippen LogP contribution in [0.3, 0.4) is 0 Å². The number of hydrogen-bond donors (Lipinski definition) is 2. The highest BCUT2D eigenvalue weighted by molar-refractivity contribution is 6.42. The first-order chi connectivity index (χ1) is 8.27. The van der Waals surface area contributed by atoms with Gasteiger partial charge in [0.1, 0.15) is 0 Å². The fourth-order valence-electron chi connectivity index (χ4n) is 2.18. The maximum absolute atomic E-state index is 6.13. The lowest BCUT2D eigenvalue weighted by Gasteiger charge is -2.22. The smallest absolute Gasteiger partial charge is 0.0637 e. The first-order valence-electron chi connectivity index (χ1n) is 6.11.